The average molecular weight is 272 g/mol. The number of nitrogens with one attached hydrogen (secondary N) is 2. The van der Waals surface area contributed by atoms with E-state index in [9.17, 15) is 14.4 Å². The number of carbonyl (C=O) groups is 3. The van der Waals surface area contributed by atoms with Crippen molar-refractivity contribution in [2.75, 3.05) is 0 Å². The van der Waals surface area contributed by atoms with Crippen LogP contribution in [0.5, 0.6) is 0 Å². The molecule has 102 valence electrons. The topological polar surface area (TPSA) is 99.3 Å². The summed E-state index contributed by atoms with van der Waals surface area (Å²) in [6, 6.07) is 4.82. The third-order valence-electron chi connectivity index (χ3n) is 3.55. The Labute approximate surface area is 113 Å². The molecule has 1 aromatic carbocycles. The van der Waals surface area contributed by atoms with E-state index < -0.39 is 11.9 Å². The number of carboxylic acid groups (broad SMARTS) is 1. The minimum Gasteiger partial charge on any atom is -0.478 e. The van der Waals surface area contributed by atoms with Crippen LogP contribution in [-0.2, 0) is 9.59 Å². The molecule has 6 nitrogen and oxygen atoms in total. The second-order valence-corrected chi connectivity index (χ2v) is 4.82. The lowest BCUT2D eigenvalue weighted by Crippen LogP contribution is -2.39. The van der Waals surface area contributed by atoms with Gasteiger partial charge in [-0.2, -0.15) is 0 Å². The number of hydrogen-bond acceptors (Lipinski definition) is 3. The van der Waals surface area contributed by atoms with E-state index in [1.807, 2.05) is 0 Å². The number of fused-ring (bicyclic) bond motifs is 1. The first-order valence-corrected chi connectivity index (χ1v) is 6.24. The summed E-state index contributed by atoms with van der Waals surface area (Å²) in [4.78, 5) is 37.4. The molecule has 6 heteroatoms. The quantitative estimate of drug-likeness (QED) is 0.719. The number of aromatic amines is 1. The van der Waals surface area contributed by atoms with Crippen molar-refractivity contribution < 1.29 is 19.5 Å². The Morgan fingerprint density at radius 1 is 1.30 bits per heavy atom. The van der Waals surface area contributed by atoms with Crippen LogP contribution in [0.4, 0.5) is 0 Å². The van der Waals surface area contributed by atoms with Crippen LogP contribution < -0.4 is 5.32 Å². The summed E-state index contributed by atoms with van der Waals surface area (Å²) in [5.74, 6) is -2.21. The van der Waals surface area contributed by atoms with Gasteiger partial charge < -0.3 is 10.1 Å². The van der Waals surface area contributed by atoms with Gasteiger partial charge in [0.1, 0.15) is 0 Å². The fourth-order valence-corrected chi connectivity index (χ4v) is 2.59. The van der Waals surface area contributed by atoms with Crippen LogP contribution in [0.1, 0.15) is 34.7 Å². The molecule has 1 aliphatic heterocycles. The molecule has 0 aliphatic carbocycles. The fraction of sp³-hybridized carbons (Fsp3) is 0.214. The molecule has 3 rings (SSSR count). The number of carbonyl (C=O) groups excluding carboxylic acids is 2. The van der Waals surface area contributed by atoms with E-state index >= 15 is 0 Å². The third-order valence-corrected chi connectivity index (χ3v) is 3.55. The fourth-order valence-electron chi connectivity index (χ4n) is 2.59. The van der Waals surface area contributed by atoms with Crippen molar-refractivity contribution in [2.24, 2.45) is 0 Å². The number of rotatable bonds is 2. The van der Waals surface area contributed by atoms with Gasteiger partial charge in [-0.25, -0.2) is 4.79 Å². The minimum atomic E-state index is -1.04. The molecular formula is C14H12N2O4. The zero-order chi connectivity index (χ0) is 14.3. The molecule has 2 aromatic rings. The van der Waals surface area contributed by atoms with E-state index in [1.54, 1.807) is 18.3 Å². The van der Waals surface area contributed by atoms with Crippen molar-refractivity contribution in [3.63, 3.8) is 0 Å². The van der Waals surface area contributed by atoms with Crippen molar-refractivity contribution in [3.8, 4) is 0 Å². The monoisotopic (exact) mass is 272 g/mol. The second-order valence-electron chi connectivity index (χ2n) is 4.82. The molecule has 1 unspecified atom stereocenters. The first kappa shape index (κ1) is 12.4. The molecule has 0 saturated carbocycles. The Kier molecular flexibility index (Phi) is 2.78. The SMILES string of the molecule is O=C1CCC(c2cc(C(=O)O)cc3cc[nH]c23)C(=O)N1. The molecule has 1 fully saturated rings. The summed E-state index contributed by atoms with van der Waals surface area (Å²) in [7, 11) is 0. The summed E-state index contributed by atoms with van der Waals surface area (Å²) in [6.07, 6.45) is 2.35. The number of piperidine rings is 1. The number of amides is 2. The van der Waals surface area contributed by atoms with Crippen LogP contribution >= 0.6 is 0 Å². The van der Waals surface area contributed by atoms with E-state index in [0.29, 0.717) is 12.0 Å². The van der Waals surface area contributed by atoms with Crippen molar-refractivity contribution in [1.82, 2.24) is 10.3 Å². The highest BCUT2D eigenvalue weighted by Gasteiger charge is 2.30. The molecule has 1 atom stereocenters. The van der Waals surface area contributed by atoms with Gasteiger partial charge >= 0.3 is 5.97 Å². The summed E-state index contributed by atoms with van der Waals surface area (Å²) in [6.45, 7) is 0. The molecule has 1 saturated heterocycles. The standard InChI is InChI=1S/C14H12N2O4/c17-11-2-1-9(13(18)16-11)10-6-8(14(19)20)5-7-3-4-15-12(7)10/h3-6,9,15H,1-2H2,(H,19,20)(H,16,17,18). The molecule has 1 aromatic heterocycles. The van der Waals surface area contributed by atoms with E-state index in [0.717, 1.165) is 10.9 Å². The van der Waals surface area contributed by atoms with Gasteiger partial charge in [0.2, 0.25) is 11.8 Å². The van der Waals surface area contributed by atoms with Crippen molar-refractivity contribution in [3.05, 3.63) is 35.5 Å². The highest BCUT2D eigenvalue weighted by molar-refractivity contribution is 6.03. The number of imide groups is 1. The third kappa shape index (κ3) is 1.95. The smallest absolute Gasteiger partial charge is 0.335 e. The Morgan fingerprint density at radius 2 is 2.10 bits per heavy atom. The number of hydrogen-bond donors (Lipinski definition) is 3. The maximum Gasteiger partial charge on any atom is 0.335 e. The minimum absolute atomic E-state index is 0.136. The predicted octanol–water partition coefficient (Wildman–Crippen LogP) is 1.39. The number of benzene rings is 1. The molecule has 0 bridgehead atoms. The first-order chi connectivity index (χ1) is 9.56. The highest BCUT2D eigenvalue weighted by atomic mass is 16.4. The molecule has 1 aliphatic rings. The van der Waals surface area contributed by atoms with Crippen LogP contribution in [0.3, 0.4) is 0 Å². The lowest BCUT2D eigenvalue weighted by molar-refractivity contribution is -0.134. The van der Waals surface area contributed by atoms with E-state index in [-0.39, 0.29) is 23.8 Å². The summed E-state index contributed by atoms with van der Waals surface area (Å²) >= 11 is 0. The molecule has 0 radical (unpaired) electrons. The van der Waals surface area contributed by atoms with E-state index in [2.05, 4.69) is 10.3 Å². The van der Waals surface area contributed by atoms with Gasteiger partial charge in [-0.15, -0.1) is 0 Å². The van der Waals surface area contributed by atoms with Crippen molar-refractivity contribution in [2.45, 2.75) is 18.8 Å². The maximum absolute atomic E-state index is 12.0. The molecule has 2 amide bonds. The van der Waals surface area contributed by atoms with Crippen LogP contribution in [-0.4, -0.2) is 27.9 Å². The number of H-pyrrole nitrogens is 1. The Bertz CT molecular complexity index is 732. The molecular weight excluding hydrogens is 260 g/mol. The molecule has 2 heterocycles. The van der Waals surface area contributed by atoms with E-state index in [4.69, 9.17) is 5.11 Å². The maximum atomic E-state index is 12.0. The normalized spacial score (nSPS) is 19.1. The number of carboxylic acids is 1. The van der Waals surface area contributed by atoms with Crippen molar-refractivity contribution >= 4 is 28.7 Å². The van der Waals surface area contributed by atoms with Crippen molar-refractivity contribution in [1.29, 1.82) is 0 Å². The zero-order valence-corrected chi connectivity index (χ0v) is 10.5. The second kappa shape index (κ2) is 4.48. The van der Waals surface area contributed by atoms with E-state index in [1.165, 1.54) is 6.07 Å². The molecule has 3 N–H and O–H groups in total. The average Bonchev–Trinajstić information content (AvgIpc) is 2.86. The Balaban J connectivity index is 2.14. The zero-order valence-electron chi connectivity index (χ0n) is 10.5. The Morgan fingerprint density at radius 3 is 2.80 bits per heavy atom. The van der Waals surface area contributed by atoms with Gasteiger partial charge in [0, 0.05) is 23.5 Å². The van der Waals surface area contributed by atoms with Gasteiger partial charge in [0.05, 0.1) is 11.5 Å². The van der Waals surface area contributed by atoms with Gasteiger partial charge in [-0.3, -0.25) is 14.9 Å². The highest BCUT2D eigenvalue weighted by Crippen LogP contribution is 2.31. The van der Waals surface area contributed by atoms with Crippen LogP contribution in [0.2, 0.25) is 0 Å². The molecule has 0 spiro atoms. The lowest BCUT2D eigenvalue weighted by atomic mass is 9.88. The molecule has 20 heavy (non-hydrogen) atoms. The van der Waals surface area contributed by atoms with Crippen LogP contribution in [0.15, 0.2) is 24.4 Å². The Hall–Kier alpha value is -2.63. The predicted molar refractivity (Wildman–Crippen MR) is 70.4 cm³/mol. The summed E-state index contributed by atoms with van der Waals surface area (Å²) < 4.78 is 0. The van der Waals surface area contributed by atoms with Gasteiger partial charge in [0.15, 0.2) is 0 Å². The number of aromatic carboxylic acids is 1. The van der Waals surface area contributed by atoms with Crippen LogP contribution in [0.25, 0.3) is 10.9 Å². The first-order valence-electron chi connectivity index (χ1n) is 6.24. The van der Waals surface area contributed by atoms with Crippen LogP contribution in [0, 0.1) is 0 Å². The van der Waals surface area contributed by atoms with Gasteiger partial charge in [-0.05, 0) is 30.2 Å². The summed E-state index contributed by atoms with van der Waals surface area (Å²) in [5.41, 5.74) is 1.50. The largest absolute Gasteiger partial charge is 0.478 e. The number of aromatic nitrogens is 1. The summed E-state index contributed by atoms with van der Waals surface area (Å²) in [5, 5.41) is 12.2. The lowest BCUT2D eigenvalue weighted by Gasteiger charge is -2.22. The van der Waals surface area contributed by atoms with Gasteiger partial charge in [0.25, 0.3) is 0 Å². The van der Waals surface area contributed by atoms with Gasteiger partial charge in [-0.1, -0.05) is 0 Å².